The second-order valence-electron chi connectivity index (χ2n) is 4.23. The first-order valence-corrected chi connectivity index (χ1v) is 7.37. The van der Waals surface area contributed by atoms with Crippen LogP contribution in [-0.2, 0) is 0 Å². The fourth-order valence-corrected chi connectivity index (χ4v) is 2.53. The summed E-state index contributed by atoms with van der Waals surface area (Å²) >= 11 is 1.52. The van der Waals surface area contributed by atoms with Gasteiger partial charge >= 0.3 is 0 Å². The Morgan fingerprint density at radius 3 is 3.05 bits per heavy atom. The molecule has 1 amide bonds. The molecule has 1 unspecified atom stereocenters. The Morgan fingerprint density at radius 2 is 2.38 bits per heavy atom. The number of hydrogen-bond donors (Lipinski definition) is 2. The Bertz CT molecular complexity index is 659. The van der Waals surface area contributed by atoms with Gasteiger partial charge in [0, 0.05) is 29.5 Å². The van der Waals surface area contributed by atoms with Crippen LogP contribution in [0.25, 0.3) is 0 Å². The summed E-state index contributed by atoms with van der Waals surface area (Å²) in [6, 6.07) is 1.55. The van der Waals surface area contributed by atoms with Gasteiger partial charge in [-0.1, -0.05) is 18.8 Å². The largest absolute Gasteiger partial charge is 0.384 e. The number of pyridine rings is 1. The number of carbonyl (C=O) groups excluding carboxylic acids is 1. The first-order chi connectivity index (χ1) is 10.2. The van der Waals surface area contributed by atoms with Crippen LogP contribution < -0.4 is 5.32 Å². The zero-order chi connectivity index (χ0) is 15.1. The van der Waals surface area contributed by atoms with Crippen LogP contribution in [0.15, 0.2) is 30.0 Å². The molecule has 1 atom stereocenters. The van der Waals surface area contributed by atoms with E-state index in [1.807, 2.05) is 12.3 Å². The van der Waals surface area contributed by atoms with E-state index in [1.165, 1.54) is 17.5 Å². The van der Waals surface area contributed by atoms with Crippen molar-refractivity contribution in [3.63, 3.8) is 0 Å². The molecule has 2 aromatic heterocycles. The van der Waals surface area contributed by atoms with Gasteiger partial charge in [0.25, 0.3) is 5.91 Å². The molecule has 0 radical (unpaired) electrons. The second-order valence-corrected chi connectivity index (χ2v) is 5.15. The molecular weight excluding hydrogens is 286 g/mol. The van der Waals surface area contributed by atoms with Gasteiger partial charge in [-0.05, 0) is 12.5 Å². The Balaban J connectivity index is 2.12. The van der Waals surface area contributed by atoms with E-state index in [-0.39, 0.29) is 18.6 Å². The molecule has 108 valence electrons. The summed E-state index contributed by atoms with van der Waals surface area (Å²) in [6.45, 7) is 1.77. The molecule has 0 bridgehead atoms. The molecule has 0 aliphatic heterocycles. The molecule has 0 fully saturated rings. The van der Waals surface area contributed by atoms with E-state index in [1.54, 1.807) is 18.5 Å². The quantitative estimate of drug-likeness (QED) is 0.844. The number of rotatable bonds is 4. The maximum absolute atomic E-state index is 12.3. The summed E-state index contributed by atoms with van der Waals surface area (Å²) in [7, 11) is 0. The summed E-state index contributed by atoms with van der Waals surface area (Å²) in [5.41, 5.74) is 1.04. The van der Waals surface area contributed by atoms with Gasteiger partial charge in [0.1, 0.15) is 11.6 Å². The molecule has 0 aliphatic rings. The van der Waals surface area contributed by atoms with E-state index in [2.05, 4.69) is 27.1 Å². The number of nitrogens with zero attached hydrogens (tertiary/aromatic N) is 2. The van der Waals surface area contributed by atoms with Crippen molar-refractivity contribution in [3.8, 4) is 11.8 Å². The average Bonchev–Trinajstić information content (AvgIpc) is 3.04. The van der Waals surface area contributed by atoms with Gasteiger partial charge in [0.05, 0.1) is 11.6 Å². The van der Waals surface area contributed by atoms with Gasteiger partial charge in [-0.2, -0.15) is 0 Å². The van der Waals surface area contributed by atoms with Crippen molar-refractivity contribution in [2.45, 2.75) is 19.4 Å². The normalized spacial score (nSPS) is 11.3. The lowest BCUT2D eigenvalue weighted by Gasteiger charge is -2.14. The van der Waals surface area contributed by atoms with Crippen LogP contribution in [0.2, 0.25) is 0 Å². The van der Waals surface area contributed by atoms with Crippen LogP contribution in [0.3, 0.4) is 0 Å². The smallest absolute Gasteiger partial charge is 0.253 e. The molecule has 0 aliphatic carbocycles. The molecule has 2 aromatic rings. The van der Waals surface area contributed by atoms with Gasteiger partial charge in [0.15, 0.2) is 0 Å². The SMILES string of the molecule is CCC(NC(=O)c1cncc(C#CCO)c1)c1nccs1. The average molecular weight is 301 g/mol. The fourth-order valence-electron chi connectivity index (χ4n) is 1.76. The lowest BCUT2D eigenvalue weighted by atomic mass is 10.1. The second kappa shape index (κ2) is 7.53. The summed E-state index contributed by atoms with van der Waals surface area (Å²) in [5.74, 6) is 5.05. The highest BCUT2D eigenvalue weighted by atomic mass is 32.1. The molecular formula is C15H15N3O2S. The highest BCUT2D eigenvalue weighted by Crippen LogP contribution is 2.19. The van der Waals surface area contributed by atoms with Crippen molar-refractivity contribution in [3.05, 3.63) is 46.2 Å². The van der Waals surface area contributed by atoms with Crippen molar-refractivity contribution in [1.29, 1.82) is 0 Å². The number of thiazole rings is 1. The highest BCUT2D eigenvalue weighted by Gasteiger charge is 2.16. The molecule has 0 spiro atoms. The molecule has 2 N–H and O–H groups in total. The number of aliphatic hydroxyl groups is 1. The van der Waals surface area contributed by atoms with Crippen LogP contribution in [0.1, 0.15) is 40.3 Å². The molecule has 2 heterocycles. The number of aliphatic hydroxyl groups excluding tert-OH is 1. The fraction of sp³-hybridized carbons (Fsp3) is 0.267. The van der Waals surface area contributed by atoms with E-state index in [9.17, 15) is 4.79 Å². The van der Waals surface area contributed by atoms with Crippen molar-refractivity contribution < 1.29 is 9.90 Å². The third kappa shape index (κ3) is 4.12. The van der Waals surface area contributed by atoms with Crippen molar-refractivity contribution >= 4 is 17.2 Å². The first kappa shape index (κ1) is 15.2. The lowest BCUT2D eigenvalue weighted by Crippen LogP contribution is -2.28. The molecule has 5 nitrogen and oxygen atoms in total. The predicted octanol–water partition coefficient (Wildman–Crippen LogP) is 1.76. The number of carbonyl (C=O) groups is 1. The number of aromatic nitrogens is 2. The van der Waals surface area contributed by atoms with Gasteiger partial charge in [-0.25, -0.2) is 4.98 Å². The van der Waals surface area contributed by atoms with E-state index >= 15 is 0 Å². The Kier molecular flexibility index (Phi) is 5.43. The van der Waals surface area contributed by atoms with Crippen LogP contribution >= 0.6 is 11.3 Å². The standard InChI is InChI=1S/C15H15N3O2S/c1-2-13(15-17-5-7-21-15)18-14(20)12-8-11(4-3-6-19)9-16-10-12/h5,7-10,13,19H,2,6H2,1H3,(H,18,20). The molecule has 0 saturated heterocycles. The molecule has 2 rings (SSSR count). The van der Waals surface area contributed by atoms with Gasteiger partial charge in [0.2, 0.25) is 0 Å². The lowest BCUT2D eigenvalue weighted by molar-refractivity contribution is 0.0935. The third-order valence-electron chi connectivity index (χ3n) is 2.78. The minimum atomic E-state index is -0.224. The van der Waals surface area contributed by atoms with Gasteiger partial charge in [-0.15, -0.1) is 11.3 Å². The molecule has 0 aromatic carbocycles. The molecule has 0 saturated carbocycles. The number of hydrogen-bond acceptors (Lipinski definition) is 5. The molecule has 21 heavy (non-hydrogen) atoms. The predicted molar refractivity (Wildman–Crippen MR) is 80.8 cm³/mol. The van der Waals surface area contributed by atoms with Crippen molar-refractivity contribution in [2.24, 2.45) is 0 Å². The summed E-state index contributed by atoms with van der Waals surface area (Å²) in [4.78, 5) is 20.5. The third-order valence-corrected chi connectivity index (χ3v) is 3.66. The zero-order valence-electron chi connectivity index (χ0n) is 11.5. The van der Waals surface area contributed by atoms with Crippen LogP contribution in [0, 0.1) is 11.8 Å². The van der Waals surface area contributed by atoms with Crippen molar-refractivity contribution in [2.75, 3.05) is 6.61 Å². The Morgan fingerprint density at radius 1 is 1.52 bits per heavy atom. The van der Waals surface area contributed by atoms with Crippen molar-refractivity contribution in [1.82, 2.24) is 15.3 Å². The van der Waals surface area contributed by atoms with Crippen LogP contribution in [0.5, 0.6) is 0 Å². The Labute approximate surface area is 127 Å². The summed E-state index contributed by atoms with van der Waals surface area (Å²) in [6.07, 6.45) is 5.53. The number of nitrogens with one attached hydrogen (secondary N) is 1. The maximum atomic E-state index is 12.3. The van der Waals surface area contributed by atoms with Gasteiger partial charge in [-0.3, -0.25) is 9.78 Å². The maximum Gasteiger partial charge on any atom is 0.253 e. The number of amides is 1. The van der Waals surface area contributed by atoms with Crippen LogP contribution in [-0.4, -0.2) is 27.6 Å². The highest BCUT2D eigenvalue weighted by molar-refractivity contribution is 7.09. The summed E-state index contributed by atoms with van der Waals surface area (Å²) < 4.78 is 0. The van der Waals surface area contributed by atoms with E-state index in [4.69, 9.17) is 5.11 Å². The zero-order valence-corrected chi connectivity index (χ0v) is 12.4. The minimum Gasteiger partial charge on any atom is -0.384 e. The monoisotopic (exact) mass is 301 g/mol. The van der Waals surface area contributed by atoms with E-state index < -0.39 is 0 Å². The topological polar surface area (TPSA) is 75.1 Å². The Hall–Kier alpha value is -2.23. The first-order valence-electron chi connectivity index (χ1n) is 6.49. The summed E-state index contributed by atoms with van der Waals surface area (Å²) in [5, 5.41) is 14.4. The van der Waals surface area contributed by atoms with E-state index in [0.29, 0.717) is 11.1 Å². The van der Waals surface area contributed by atoms with E-state index in [0.717, 1.165) is 11.4 Å². The minimum absolute atomic E-state index is 0.107. The van der Waals surface area contributed by atoms with Crippen LogP contribution in [0.4, 0.5) is 0 Å². The molecule has 6 heteroatoms. The van der Waals surface area contributed by atoms with Gasteiger partial charge < -0.3 is 10.4 Å².